The Morgan fingerprint density at radius 3 is 2.16 bits per heavy atom. The topological polar surface area (TPSA) is 104 Å². The SMILES string of the molecule is CCC(C)N1N=CN(c2ccc(N3CCN(c4ccc(OC[C@@H]5CO[C@@](Cn6nccn6)(C6CC6)O5)cc4)CC3)cc2)C1O. The molecule has 0 radical (unpaired) electrons. The first kappa shape index (κ1) is 28.9. The van der Waals surface area contributed by atoms with Crippen molar-refractivity contribution >= 4 is 23.4 Å². The minimum absolute atomic E-state index is 0.124. The smallest absolute Gasteiger partial charge is 0.228 e. The van der Waals surface area contributed by atoms with Crippen molar-refractivity contribution in [1.82, 2.24) is 20.0 Å². The molecule has 2 aromatic carbocycles. The molecule has 3 aromatic rings. The summed E-state index contributed by atoms with van der Waals surface area (Å²) in [5, 5.41) is 25.3. The summed E-state index contributed by atoms with van der Waals surface area (Å²) in [4.78, 5) is 8.27. The lowest BCUT2D eigenvalue weighted by Gasteiger charge is -2.37. The number of benzene rings is 2. The fourth-order valence-electron chi connectivity index (χ4n) is 6.23. The second-order valence-corrected chi connectivity index (χ2v) is 12.1. The van der Waals surface area contributed by atoms with E-state index >= 15 is 0 Å². The van der Waals surface area contributed by atoms with E-state index in [-0.39, 0.29) is 12.1 Å². The van der Waals surface area contributed by atoms with Crippen LogP contribution >= 0.6 is 0 Å². The van der Waals surface area contributed by atoms with Crippen LogP contribution in [-0.4, -0.2) is 95.1 Å². The van der Waals surface area contributed by atoms with Gasteiger partial charge in [0.2, 0.25) is 6.35 Å². The molecular weight excluding hydrogens is 560 g/mol. The Morgan fingerprint density at radius 1 is 0.932 bits per heavy atom. The van der Waals surface area contributed by atoms with E-state index in [9.17, 15) is 5.11 Å². The molecule has 0 amide bonds. The van der Waals surface area contributed by atoms with Crippen molar-refractivity contribution in [3.05, 3.63) is 60.9 Å². The highest BCUT2D eigenvalue weighted by molar-refractivity contribution is 5.81. The summed E-state index contributed by atoms with van der Waals surface area (Å²) in [6.45, 7) is 9.36. The Hall–Kier alpha value is -3.87. The average Bonchev–Trinajstić information content (AvgIpc) is 3.46. The molecule has 4 atom stereocenters. The van der Waals surface area contributed by atoms with Gasteiger partial charge in [-0.1, -0.05) is 6.92 Å². The fraction of sp³-hybridized carbons (Fsp3) is 0.531. The van der Waals surface area contributed by atoms with Crippen LogP contribution in [0.15, 0.2) is 66.0 Å². The molecule has 1 N–H and O–H groups in total. The van der Waals surface area contributed by atoms with Crippen LogP contribution in [0.2, 0.25) is 0 Å². The van der Waals surface area contributed by atoms with Crippen molar-refractivity contribution in [2.75, 3.05) is 54.1 Å². The summed E-state index contributed by atoms with van der Waals surface area (Å²) in [5.41, 5.74) is 3.31. The molecule has 7 rings (SSSR count). The van der Waals surface area contributed by atoms with Gasteiger partial charge in [0.25, 0.3) is 0 Å². The summed E-state index contributed by atoms with van der Waals surface area (Å²) in [5.74, 6) is 0.563. The van der Waals surface area contributed by atoms with Gasteiger partial charge in [0, 0.05) is 55.2 Å². The van der Waals surface area contributed by atoms with Gasteiger partial charge < -0.3 is 29.1 Å². The van der Waals surface area contributed by atoms with Crippen LogP contribution < -0.4 is 19.4 Å². The zero-order chi connectivity index (χ0) is 30.1. The van der Waals surface area contributed by atoms with Crippen LogP contribution in [0.5, 0.6) is 5.75 Å². The maximum atomic E-state index is 10.7. The lowest BCUT2D eigenvalue weighted by Crippen LogP contribution is -2.46. The third kappa shape index (κ3) is 5.93. The van der Waals surface area contributed by atoms with Crippen LogP contribution in [0, 0.1) is 5.92 Å². The largest absolute Gasteiger partial charge is 0.491 e. The second-order valence-electron chi connectivity index (χ2n) is 12.1. The number of ether oxygens (including phenoxy) is 3. The van der Waals surface area contributed by atoms with Gasteiger partial charge in [0.1, 0.15) is 31.3 Å². The maximum absolute atomic E-state index is 10.7. The summed E-state index contributed by atoms with van der Waals surface area (Å²) in [6, 6.07) is 16.9. The van der Waals surface area contributed by atoms with Crippen LogP contribution in [0.3, 0.4) is 0 Å². The van der Waals surface area contributed by atoms with Crippen molar-refractivity contribution in [1.29, 1.82) is 0 Å². The first-order valence-corrected chi connectivity index (χ1v) is 15.8. The molecule has 0 bridgehead atoms. The van der Waals surface area contributed by atoms with Gasteiger partial charge in [-0.15, -0.1) is 0 Å². The van der Waals surface area contributed by atoms with E-state index in [1.165, 1.54) is 11.4 Å². The monoisotopic (exact) mass is 602 g/mol. The second kappa shape index (κ2) is 12.3. The molecule has 3 aliphatic heterocycles. The van der Waals surface area contributed by atoms with Gasteiger partial charge in [-0.2, -0.15) is 20.1 Å². The molecule has 12 heteroatoms. The molecular formula is C32H42N8O4. The first-order valence-electron chi connectivity index (χ1n) is 15.8. The van der Waals surface area contributed by atoms with Crippen molar-refractivity contribution in [2.24, 2.45) is 11.0 Å². The first-order chi connectivity index (χ1) is 21.5. The average molecular weight is 603 g/mol. The summed E-state index contributed by atoms with van der Waals surface area (Å²) >= 11 is 0. The van der Waals surface area contributed by atoms with Crippen LogP contribution in [0.25, 0.3) is 0 Å². The minimum atomic E-state index is -0.774. The summed E-state index contributed by atoms with van der Waals surface area (Å²) in [6.07, 6.45) is 7.30. The molecule has 3 fully saturated rings. The normalized spacial score (nSPS) is 26.1. The number of anilines is 3. The van der Waals surface area contributed by atoms with Gasteiger partial charge in [-0.25, -0.2) is 5.01 Å². The predicted octanol–water partition coefficient (Wildman–Crippen LogP) is 3.35. The molecule has 1 aromatic heterocycles. The molecule has 4 aliphatic rings. The molecule has 4 heterocycles. The Labute approximate surface area is 258 Å². The molecule has 1 aliphatic carbocycles. The number of piperazine rings is 1. The number of hydrogen-bond donors (Lipinski definition) is 1. The number of hydrogen-bond acceptors (Lipinski definition) is 11. The molecule has 234 valence electrons. The highest BCUT2D eigenvalue weighted by Crippen LogP contribution is 2.46. The number of aliphatic hydroxyl groups is 1. The molecule has 2 unspecified atom stereocenters. The van der Waals surface area contributed by atoms with Gasteiger partial charge in [-0.3, -0.25) is 4.90 Å². The Kier molecular flexibility index (Phi) is 8.04. The van der Waals surface area contributed by atoms with Crippen molar-refractivity contribution in [2.45, 2.75) is 63.9 Å². The van der Waals surface area contributed by atoms with Crippen molar-refractivity contribution < 1.29 is 19.3 Å². The molecule has 2 saturated heterocycles. The number of nitrogens with zero attached hydrogens (tertiary/aromatic N) is 8. The number of aliphatic hydroxyl groups excluding tert-OH is 1. The van der Waals surface area contributed by atoms with Crippen LogP contribution in [0.1, 0.15) is 33.1 Å². The Morgan fingerprint density at radius 2 is 1.55 bits per heavy atom. The quantitative estimate of drug-likeness (QED) is 0.352. The van der Waals surface area contributed by atoms with Gasteiger partial charge >= 0.3 is 0 Å². The third-order valence-corrected chi connectivity index (χ3v) is 9.18. The lowest BCUT2D eigenvalue weighted by atomic mass is 10.1. The maximum Gasteiger partial charge on any atom is 0.228 e. The molecule has 12 nitrogen and oxygen atoms in total. The van der Waals surface area contributed by atoms with Crippen molar-refractivity contribution in [3.8, 4) is 5.75 Å². The molecule has 1 saturated carbocycles. The van der Waals surface area contributed by atoms with E-state index in [1.807, 2.05) is 12.1 Å². The minimum Gasteiger partial charge on any atom is -0.491 e. The number of hydrazone groups is 1. The standard InChI is InChI=1S/C32H42N8O4/c1-3-24(2)40-31(41)38(23-35-40)28-8-6-26(7-9-28)36-16-18-37(19-17-36)27-10-12-29(13-11-27)42-20-30-21-43-32(44-30,25-4-5-25)22-39-33-14-15-34-39/h6-15,23-25,30-31,41H,3-5,16-22H2,1-2H3/t24?,30-,31?,32-/m1/s1. The third-order valence-electron chi connectivity index (χ3n) is 9.18. The zero-order valence-electron chi connectivity index (χ0n) is 25.5. The van der Waals surface area contributed by atoms with E-state index in [2.05, 4.69) is 75.3 Å². The van der Waals surface area contributed by atoms with E-state index in [0.29, 0.717) is 25.7 Å². The van der Waals surface area contributed by atoms with Crippen LogP contribution in [0.4, 0.5) is 17.1 Å². The number of rotatable bonds is 11. The number of aromatic nitrogens is 3. The summed E-state index contributed by atoms with van der Waals surface area (Å²) < 4.78 is 18.7. The lowest BCUT2D eigenvalue weighted by molar-refractivity contribution is -0.198. The van der Waals surface area contributed by atoms with Gasteiger partial charge in [-0.05, 0) is 74.7 Å². The fourth-order valence-corrected chi connectivity index (χ4v) is 6.23. The molecule has 0 spiro atoms. The van der Waals surface area contributed by atoms with E-state index < -0.39 is 12.1 Å². The Bertz CT molecular complexity index is 1390. The highest BCUT2D eigenvalue weighted by atomic mass is 16.8. The zero-order valence-corrected chi connectivity index (χ0v) is 25.5. The highest BCUT2D eigenvalue weighted by Gasteiger charge is 2.53. The van der Waals surface area contributed by atoms with E-state index in [1.54, 1.807) is 33.4 Å². The van der Waals surface area contributed by atoms with E-state index in [0.717, 1.165) is 56.9 Å². The van der Waals surface area contributed by atoms with Crippen molar-refractivity contribution in [3.63, 3.8) is 0 Å². The van der Waals surface area contributed by atoms with E-state index in [4.69, 9.17) is 14.2 Å². The van der Waals surface area contributed by atoms with Crippen LogP contribution in [-0.2, 0) is 16.0 Å². The van der Waals surface area contributed by atoms with Gasteiger partial charge in [0.15, 0.2) is 5.79 Å². The molecule has 44 heavy (non-hydrogen) atoms. The predicted molar refractivity (Wildman–Crippen MR) is 168 cm³/mol. The Balaban J connectivity index is 0.878. The summed E-state index contributed by atoms with van der Waals surface area (Å²) in [7, 11) is 0. The van der Waals surface area contributed by atoms with Gasteiger partial charge in [0.05, 0.1) is 19.0 Å².